The Bertz CT molecular complexity index is 770. The molecule has 0 aliphatic rings. The van der Waals surface area contributed by atoms with Crippen molar-refractivity contribution < 1.29 is 8.81 Å². The Morgan fingerprint density at radius 3 is 2.95 bits per heavy atom. The van der Waals surface area contributed by atoms with Crippen molar-refractivity contribution in [2.75, 3.05) is 5.32 Å². The summed E-state index contributed by atoms with van der Waals surface area (Å²) in [7, 11) is 0. The van der Waals surface area contributed by atoms with E-state index in [4.69, 9.17) is 4.42 Å². The van der Waals surface area contributed by atoms with E-state index in [0.717, 1.165) is 26.8 Å². The second kappa shape index (κ2) is 5.25. The summed E-state index contributed by atoms with van der Waals surface area (Å²) < 4.78 is 19.5. The minimum absolute atomic E-state index is 0.243. The number of aromatic nitrogens is 1. The van der Waals surface area contributed by atoms with Crippen LogP contribution >= 0.6 is 15.9 Å². The van der Waals surface area contributed by atoms with Crippen molar-refractivity contribution in [1.82, 2.24) is 4.98 Å². The number of oxazole rings is 1. The standard InChI is InChI=1S/C15H12BrFN2O/c1-9-19-14-7-12(3-5-15(14)20-9)18-8-10-6-11(17)2-4-13(10)16/h2-7,18H,8H2,1H3. The summed E-state index contributed by atoms with van der Waals surface area (Å²) in [6.45, 7) is 2.34. The summed E-state index contributed by atoms with van der Waals surface area (Å²) in [6.07, 6.45) is 0. The fourth-order valence-corrected chi connectivity index (χ4v) is 2.42. The minimum atomic E-state index is -0.243. The van der Waals surface area contributed by atoms with Crippen LogP contribution in [-0.4, -0.2) is 4.98 Å². The Morgan fingerprint density at radius 2 is 2.10 bits per heavy atom. The first-order valence-corrected chi connectivity index (χ1v) is 6.96. The molecule has 1 aromatic heterocycles. The van der Waals surface area contributed by atoms with Gasteiger partial charge < -0.3 is 9.73 Å². The van der Waals surface area contributed by atoms with Gasteiger partial charge in [0.05, 0.1) is 0 Å². The monoisotopic (exact) mass is 334 g/mol. The van der Waals surface area contributed by atoms with Gasteiger partial charge in [-0.1, -0.05) is 15.9 Å². The van der Waals surface area contributed by atoms with E-state index < -0.39 is 0 Å². The third-order valence-corrected chi connectivity index (χ3v) is 3.76. The fourth-order valence-electron chi connectivity index (χ4n) is 2.03. The number of benzene rings is 2. The molecule has 0 aliphatic heterocycles. The van der Waals surface area contributed by atoms with Gasteiger partial charge in [0.2, 0.25) is 0 Å². The lowest BCUT2D eigenvalue weighted by atomic mass is 10.2. The van der Waals surface area contributed by atoms with Crippen LogP contribution in [0.4, 0.5) is 10.1 Å². The first-order chi connectivity index (χ1) is 9.61. The van der Waals surface area contributed by atoms with E-state index in [-0.39, 0.29) is 5.82 Å². The first kappa shape index (κ1) is 13.1. The molecule has 102 valence electrons. The van der Waals surface area contributed by atoms with Crippen LogP contribution in [0.5, 0.6) is 0 Å². The third kappa shape index (κ3) is 2.67. The highest BCUT2D eigenvalue weighted by atomic mass is 79.9. The number of rotatable bonds is 3. The largest absolute Gasteiger partial charge is 0.441 e. The van der Waals surface area contributed by atoms with Gasteiger partial charge in [-0.3, -0.25) is 0 Å². The van der Waals surface area contributed by atoms with Crippen LogP contribution in [0, 0.1) is 12.7 Å². The molecule has 0 spiro atoms. The molecule has 0 bridgehead atoms. The average molecular weight is 335 g/mol. The van der Waals surface area contributed by atoms with Gasteiger partial charge in [0, 0.05) is 23.6 Å². The highest BCUT2D eigenvalue weighted by Gasteiger charge is 2.05. The van der Waals surface area contributed by atoms with Gasteiger partial charge in [0.15, 0.2) is 11.5 Å². The van der Waals surface area contributed by atoms with E-state index in [1.807, 2.05) is 25.1 Å². The molecule has 0 atom stereocenters. The molecule has 0 amide bonds. The van der Waals surface area contributed by atoms with Gasteiger partial charge in [0.1, 0.15) is 11.3 Å². The summed E-state index contributed by atoms with van der Waals surface area (Å²) in [5.41, 5.74) is 3.36. The maximum atomic E-state index is 13.2. The predicted octanol–water partition coefficient (Wildman–Crippen LogP) is 4.65. The van der Waals surface area contributed by atoms with Gasteiger partial charge in [-0.15, -0.1) is 0 Å². The highest BCUT2D eigenvalue weighted by molar-refractivity contribution is 9.10. The molecule has 3 nitrogen and oxygen atoms in total. The molecule has 2 aromatic carbocycles. The first-order valence-electron chi connectivity index (χ1n) is 6.17. The lowest BCUT2D eigenvalue weighted by Crippen LogP contribution is -2.00. The second-order valence-corrected chi connectivity index (χ2v) is 5.36. The maximum Gasteiger partial charge on any atom is 0.192 e. The smallest absolute Gasteiger partial charge is 0.192 e. The molecule has 0 radical (unpaired) electrons. The molecule has 20 heavy (non-hydrogen) atoms. The number of anilines is 1. The van der Waals surface area contributed by atoms with Crippen LogP contribution in [0.3, 0.4) is 0 Å². The van der Waals surface area contributed by atoms with Gasteiger partial charge in [0.25, 0.3) is 0 Å². The van der Waals surface area contributed by atoms with Crippen LogP contribution in [0.2, 0.25) is 0 Å². The zero-order valence-electron chi connectivity index (χ0n) is 10.8. The van der Waals surface area contributed by atoms with E-state index in [1.165, 1.54) is 12.1 Å². The third-order valence-electron chi connectivity index (χ3n) is 2.99. The fraction of sp³-hybridized carbons (Fsp3) is 0.133. The van der Waals surface area contributed by atoms with Crippen LogP contribution in [-0.2, 0) is 6.54 Å². The highest BCUT2D eigenvalue weighted by Crippen LogP contribution is 2.22. The predicted molar refractivity (Wildman–Crippen MR) is 80.2 cm³/mol. The van der Waals surface area contributed by atoms with Crippen molar-refractivity contribution >= 4 is 32.7 Å². The SMILES string of the molecule is Cc1nc2cc(NCc3cc(F)ccc3Br)ccc2o1. The van der Waals surface area contributed by atoms with Crippen molar-refractivity contribution in [3.8, 4) is 0 Å². The lowest BCUT2D eigenvalue weighted by Gasteiger charge is -2.08. The molecule has 0 fully saturated rings. The molecule has 3 aromatic rings. The topological polar surface area (TPSA) is 38.1 Å². The number of hydrogen-bond acceptors (Lipinski definition) is 3. The number of hydrogen-bond donors (Lipinski definition) is 1. The molecule has 0 saturated heterocycles. The number of nitrogens with zero attached hydrogens (tertiary/aromatic N) is 1. The quantitative estimate of drug-likeness (QED) is 0.757. The Morgan fingerprint density at radius 1 is 1.25 bits per heavy atom. The van der Waals surface area contributed by atoms with E-state index in [9.17, 15) is 4.39 Å². The molecule has 5 heteroatoms. The van der Waals surface area contributed by atoms with Crippen molar-refractivity contribution in [3.05, 3.63) is 58.1 Å². The second-order valence-electron chi connectivity index (χ2n) is 4.50. The van der Waals surface area contributed by atoms with Gasteiger partial charge in [-0.25, -0.2) is 9.37 Å². The Kier molecular flexibility index (Phi) is 3.44. The molecule has 1 heterocycles. The Labute approximate surface area is 123 Å². The molecular weight excluding hydrogens is 323 g/mol. The molecule has 0 aliphatic carbocycles. The van der Waals surface area contributed by atoms with Gasteiger partial charge in [-0.2, -0.15) is 0 Å². The number of fused-ring (bicyclic) bond motifs is 1. The average Bonchev–Trinajstić information content (AvgIpc) is 2.79. The maximum absolute atomic E-state index is 13.2. The van der Waals surface area contributed by atoms with E-state index in [2.05, 4.69) is 26.2 Å². The normalized spacial score (nSPS) is 10.9. The molecule has 3 rings (SSSR count). The summed E-state index contributed by atoms with van der Waals surface area (Å²) in [5, 5.41) is 3.25. The van der Waals surface area contributed by atoms with Crippen molar-refractivity contribution in [2.24, 2.45) is 0 Å². The molecule has 0 unspecified atom stereocenters. The molecule has 0 saturated carbocycles. The molecule has 1 N–H and O–H groups in total. The lowest BCUT2D eigenvalue weighted by molar-refractivity contribution is 0.561. The van der Waals surface area contributed by atoms with Crippen LogP contribution in [0.25, 0.3) is 11.1 Å². The summed E-state index contributed by atoms with van der Waals surface area (Å²) in [5.74, 6) is 0.401. The van der Waals surface area contributed by atoms with Gasteiger partial charge in [-0.05, 0) is 42.0 Å². The van der Waals surface area contributed by atoms with Crippen molar-refractivity contribution in [3.63, 3.8) is 0 Å². The minimum Gasteiger partial charge on any atom is -0.441 e. The number of aryl methyl sites for hydroxylation is 1. The van der Waals surface area contributed by atoms with Crippen molar-refractivity contribution in [1.29, 1.82) is 0 Å². The zero-order chi connectivity index (χ0) is 14.1. The summed E-state index contributed by atoms with van der Waals surface area (Å²) in [4.78, 5) is 4.28. The number of halogens is 2. The summed E-state index contributed by atoms with van der Waals surface area (Å²) in [6, 6.07) is 10.3. The zero-order valence-corrected chi connectivity index (χ0v) is 12.4. The molecular formula is C15H12BrFN2O. The van der Waals surface area contributed by atoms with Gasteiger partial charge >= 0.3 is 0 Å². The van der Waals surface area contributed by atoms with Crippen LogP contribution in [0.1, 0.15) is 11.5 Å². The van der Waals surface area contributed by atoms with E-state index in [0.29, 0.717) is 12.4 Å². The number of nitrogens with one attached hydrogen (secondary N) is 1. The summed E-state index contributed by atoms with van der Waals surface area (Å²) >= 11 is 3.41. The van der Waals surface area contributed by atoms with E-state index in [1.54, 1.807) is 6.07 Å². The van der Waals surface area contributed by atoms with Crippen LogP contribution < -0.4 is 5.32 Å². The van der Waals surface area contributed by atoms with Crippen LogP contribution in [0.15, 0.2) is 45.3 Å². The Balaban J connectivity index is 1.80. The van der Waals surface area contributed by atoms with E-state index >= 15 is 0 Å². The Hall–Kier alpha value is -1.88. The van der Waals surface area contributed by atoms with Crippen molar-refractivity contribution in [2.45, 2.75) is 13.5 Å².